The summed E-state index contributed by atoms with van der Waals surface area (Å²) < 4.78 is 1.59. The lowest BCUT2D eigenvalue weighted by Crippen LogP contribution is -2.19. The quantitative estimate of drug-likeness (QED) is 0.384. The maximum atomic E-state index is 11.9. The van der Waals surface area contributed by atoms with Gasteiger partial charge in [-0.25, -0.2) is 0 Å². The van der Waals surface area contributed by atoms with E-state index in [9.17, 15) is 9.59 Å². The highest BCUT2D eigenvalue weighted by Gasteiger charge is 2.26. The first-order valence-electron chi connectivity index (χ1n) is 9.72. The molecule has 1 saturated carbocycles. The minimum absolute atomic E-state index is 0.0345. The van der Waals surface area contributed by atoms with E-state index in [1.54, 1.807) is 22.9 Å². The van der Waals surface area contributed by atoms with Gasteiger partial charge in [-0.15, -0.1) is 0 Å². The summed E-state index contributed by atoms with van der Waals surface area (Å²) in [6, 6.07) is 5.76. The number of fused-ring (bicyclic) bond motifs is 1. The third kappa shape index (κ3) is 4.06. The molecule has 1 aliphatic carbocycles. The Labute approximate surface area is 186 Å². The van der Waals surface area contributed by atoms with Gasteiger partial charge in [0.25, 0.3) is 5.91 Å². The molecule has 31 heavy (non-hydrogen) atoms. The van der Waals surface area contributed by atoms with E-state index in [0.717, 1.165) is 18.4 Å². The van der Waals surface area contributed by atoms with E-state index < -0.39 is 5.91 Å². The molecule has 5 rings (SSSR count). The van der Waals surface area contributed by atoms with Gasteiger partial charge in [-0.2, -0.15) is 19.6 Å². The van der Waals surface area contributed by atoms with Crippen LogP contribution in [0.4, 0.5) is 11.9 Å². The minimum atomic E-state index is -0.399. The lowest BCUT2D eigenvalue weighted by atomic mass is 10.1. The minimum Gasteiger partial charge on any atom is -0.351 e. The van der Waals surface area contributed by atoms with Gasteiger partial charge in [0, 0.05) is 23.7 Å². The summed E-state index contributed by atoms with van der Waals surface area (Å²) in [5.41, 5.74) is 2.31. The van der Waals surface area contributed by atoms with E-state index in [4.69, 9.17) is 23.2 Å². The Kier molecular flexibility index (Phi) is 4.99. The number of halogens is 2. The second kappa shape index (κ2) is 7.82. The van der Waals surface area contributed by atoms with Crippen LogP contribution in [0, 0.1) is 0 Å². The van der Waals surface area contributed by atoms with Crippen molar-refractivity contribution in [1.29, 1.82) is 0 Å². The zero-order chi connectivity index (χ0) is 21.5. The van der Waals surface area contributed by atoms with Gasteiger partial charge in [0.15, 0.2) is 5.65 Å². The normalized spacial score (nSPS) is 17.4. The van der Waals surface area contributed by atoms with Crippen LogP contribution in [-0.2, 0) is 16.1 Å². The van der Waals surface area contributed by atoms with Crippen molar-refractivity contribution < 1.29 is 9.59 Å². The summed E-state index contributed by atoms with van der Waals surface area (Å²) in [6.07, 6.45) is 5.39. The van der Waals surface area contributed by atoms with Crippen molar-refractivity contribution in [2.75, 3.05) is 10.6 Å². The third-order valence-electron chi connectivity index (χ3n) is 5.00. The number of imide groups is 1. The molecule has 158 valence electrons. The Morgan fingerprint density at radius 3 is 2.81 bits per heavy atom. The molecule has 0 bridgehead atoms. The number of carbonyl (C=O) groups excluding carboxylic acids is 2. The number of nitrogens with one attached hydrogen (secondary N) is 3. The molecule has 1 aliphatic heterocycles. The van der Waals surface area contributed by atoms with Gasteiger partial charge in [-0.05, 0) is 30.5 Å². The SMILES string of the molecule is O=C1C/C(=C\c2cnn3c(NC4CC4)nc(NCc4cccc(Cl)c4Cl)nc23)C(=O)N1. The fraction of sp³-hybridized carbons (Fsp3) is 0.250. The van der Waals surface area contributed by atoms with Crippen LogP contribution >= 0.6 is 23.2 Å². The first kappa shape index (κ1) is 19.8. The lowest BCUT2D eigenvalue weighted by Gasteiger charge is -2.11. The summed E-state index contributed by atoms with van der Waals surface area (Å²) in [6.45, 7) is 0.375. The van der Waals surface area contributed by atoms with Crippen molar-refractivity contribution in [1.82, 2.24) is 24.9 Å². The number of hydrogen-bond acceptors (Lipinski definition) is 7. The highest BCUT2D eigenvalue weighted by atomic mass is 35.5. The number of anilines is 2. The number of aromatic nitrogens is 4. The van der Waals surface area contributed by atoms with Crippen molar-refractivity contribution in [2.24, 2.45) is 0 Å². The molecule has 3 heterocycles. The van der Waals surface area contributed by atoms with Gasteiger partial charge in [0.05, 0.1) is 22.7 Å². The maximum absolute atomic E-state index is 11.9. The second-order valence-corrected chi connectivity index (χ2v) is 8.20. The zero-order valence-electron chi connectivity index (χ0n) is 16.2. The van der Waals surface area contributed by atoms with Crippen LogP contribution < -0.4 is 16.0 Å². The molecule has 1 aromatic carbocycles. The van der Waals surface area contributed by atoms with Crippen LogP contribution in [-0.4, -0.2) is 37.4 Å². The van der Waals surface area contributed by atoms with Crippen LogP contribution in [0.15, 0.2) is 30.0 Å². The summed E-state index contributed by atoms with van der Waals surface area (Å²) in [5.74, 6) is 0.199. The Morgan fingerprint density at radius 1 is 1.23 bits per heavy atom. The van der Waals surface area contributed by atoms with Crippen LogP contribution in [0.2, 0.25) is 10.0 Å². The van der Waals surface area contributed by atoms with E-state index in [1.165, 1.54) is 0 Å². The van der Waals surface area contributed by atoms with Crippen molar-refractivity contribution in [3.8, 4) is 0 Å². The van der Waals surface area contributed by atoms with E-state index in [2.05, 4.69) is 31.0 Å². The fourth-order valence-electron chi connectivity index (χ4n) is 3.25. The Balaban J connectivity index is 1.50. The van der Waals surface area contributed by atoms with Gasteiger partial charge >= 0.3 is 0 Å². The molecule has 9 nitrogen and oxygen atoms in total. The monoisotopic (exact) mass is 457 g/mol. The molecule has 0 unspecified atom stereocenters. The average Bonchev–Trinajstić information content (AvgIpc) is 3.37. The summed E-state index contributed by atoms with van der Waals surface area (Å²) in [7, 11) is 0. The molecule has 0 radical (unpaired) electrons. The predicted octanol–water partition coefficient (Wildman–Crippen LogP) is 3.05. The second-order valence-electron chi connectivity index (χ2n) is 7.41. The molecule has 3 aromatic rings. The first-order valence-corrected chi connectivity index (χ1v) is 10.5. The first-order chi connectivity index (χ1) is 15.0. The van der Waals surface area contributed by atoms with Gasteiger partial charge in [0.1, 0.15) is 0 Å². The van der Waals surface area contributed by atoms with Gasteiger partial charge in [-0.3, -0.25) is 14.9 Å². The van der Waals surface area contributed by atoms with Crippen LogP contribution in [0.1, 0.15) is 30.4 Å². The molecular formula is C20H17Cl2N7O2. The van der Waals surface area contributed by atoms with E-state index in [-0.39, 0.29) is 12.3 Å². The third-order valence-corrected chi connectivity index (χ3v) is 5.86. The topological polar surface area (TPSA) is 113 Å². The van der Waals surface area contributed by atoms with Gasteiger partial charge in [-0.1, -0.05) is 35.3 Å². The molecule has 0 spiro atoms. The highest BCUT2D eigenvalue weighted by molar-refractivity contribution is 6.42. The Morgan fingerprint density at radius 2 is 2.06 bits per heavy atom. The van der Waals surface area contributed by atoms with E-state index >= 15 is 0 Å². The van der Waals surface area contributed by atoms with Crippen LogP contribution in [0.3, 0.4) is 0 Å². The van der Waals surface area contributed by atoms with Gasteiger partial charge in [0.2, 0.25) is 17.8 Å². The molecule has 1 saturated heterocycles. The number of carbonyl (C=O) groups is 2. The standard InChI is InChI=1S/C20H17Cl2N7O2/c21-14-3-1-2-10(16(14)22)8-23-19-27-17-12(6-11-7-15(30)26-18(11)31)9-24-29(17)20(28-19)25-13-4-5-13/h1-3,6,9,13H,4-5,7-8H2,(H,26,30,31)(H2,23,25,27,28)/b11-6+. The molecular weight excluding hydrogens is 441 g/mol. The molecule has 2 aromatic heterocycles. The summed E-state index contributed by atoms with van der Waals surface area (Å²) >= 11 is 12.4. The Bertz CT molecular complexity index is 1250. The number of hydrogen-bond donors (Lipinski definition) is 3. The Hall–Kier alpha value is -3.17. The number of rotatable bonds is 6. The number of nitrogens with zero attached hydrogens (tertiary/aromatic N) is 4. The van der Waals surface area contributed by atoms with Crippen molar-refractivity contribution in [3.05, 3.63) is 51.1 Å². The van der Waals surface area contributed by atoms with Crippen molar-refractivity contribution in [2.45, 2.75) is 31.8 Å². The smallest absolute Gasteiger partial charge is 0.254 e. The lowest BCUT2D eigenvalue weighted by molar-refractivity contribution is -0.124. The fourth-order valence-corrected chi connectivity index (χ4v) is 3.63. The van der Waals surface area contributed by atoms with Gasteiger partial charge < -0.3 is 10.6 Å². The molecule has 2 fully saturated rings. The van der Waals surface area contributed by atoms with Crippen molar-refractivity contribution >= 4 is 58.6 Å². The number of benzene rings is 1. The number of amides is 2. The maximum Gasteiger partial charge on any atom is 0.254 e. The van der Waals surface area contributed by atoms with E-state index in [1.807, 2.05) is 12.1 Å². The highest BCUT2D eigenvalue weighted by Crippen LogP contribution is 2.28. The molecule has 3 N–H and O–H groups in total. The van der Waals surface area contributed by atoms with Crippen molar-refractivity contribution in [3.63, 3.8) is 0 Å². The molecule has 2 amide bonds. The van der Waals surface area contributed by atoms with E-state index in [0.29, 0.717) is 51.3 Å². The van der Waals surface area contributed by atoms with Crippen LogP contribution in [0.5, 0.6) is 0 Å². The largest absolute Gasteiger partial charge is 0.351 e. The summed E-state index contributed by atoms with van der Waals surface area (Å²) in [5, 5.41) is 14.1. The average molecular weight is 458 g/mol. The summed E-state index contributed by atoms with van der Waals surface area (Å²) in [4.78, 5) is 32.6. The zero-order valence-corrected chi connectivity index (χ0v) is 17.7. The predicted molar refractivity (Wildman–Crippen MR) is 117 cm³/mol. The molecule has 11 heteroatoms. The molecule has 0 atom stereocenters. The molecule has 2 aliphatic rings. The van der Waals surface area contributed by atoms with Crippen LogP contribution in [0.25, 0.3) is 11.7 Å².